The summed E-state index contributed by atoms with van der Waals surface area (Å²) in [5.41, 5.74) is 0. The highest BCUT2D eigenvalue weighted by Crippen LogP contribution is 2.35. The first-order valence-corrected chi connectivity index (χ1v) is 6.88. The lowest BCUT2D eigenvalue weighted by molar-refractivity contribution is -0.275. The Morgan fingerprint density at radius 2 is 1.94 bits per heavy atom. The topological polar surface area (TPSA) is 69.4 Å². The quantitative estimate of drug-likeness (QED) is 0.863. The van der Waals surface area contributed by atoms with E-state index in [0.29, 0.717) is 0 Å². The molecule has 0 aliphatic heterocycles. The molecular formula is C8H8F3NO3S2. The molecule has 0 saturated carbocycles. The zero-order valence-corrected chi connectivity index (χ0v) is 10.1. The van der Waals surface area contributed by atoms with Gasteiger partial charge in [0.15, 0.2) is 5.75 Å². The lowest BCUT2D eigenvalue weighted by atomic mass is 10.3. The first-order chi connectivity index (χ1) is 7.65. The van der Waals surface area contributed by atoms with Crippen LogP contribution in [0.3, 0.4) is 0 Å². The van der Waals surface area contributed by atoms with E-state index < -0.39 is 27.0 Å². The summed E-state index contributed by atoms with van der Waals surface area (Å²) >= 11 is 0.956. The molecule has 0 fully saturated rings. The molecule has 0 radical (unpaired) electrons. The van der Waals surface area contributed by atoms with Crippen molar-refractivity contribution < 1.29 is 26.3 Å². The van der Waals surface area contributed by atoms with E-state index in [1.807, 2.05) is 0 Å². The first-order valence-electron chi connectivity index (χ1n) is 4.10. The molecule has 0 aliphatic rings. The van der Waals surface area contributed by atoms with Crippen LogP contribution in [0.15, 0.2) is 28.0 Å². The average Bonchev–Trinajstić information content (AvgIpc) is 2.12. The summed E-state index contributed by atoms with van der Waals surface area (Å²) in [4.78, 5) is -0.570. The Morgan fingerprint density at radius 1 is 1.35 bits per heavy atom. The lowest BCUT2D eigenvalue weighted by Crippen LogP contribution is -2.21. The molecule has 0 atom stereocenters. The fraction of sp³-hybridized carbons (Fsp3) is 0.250. The van der Waals surface area contributed by atoms with Gasteiger partial charge in [0.25, 0.3) is 0 Å². The van der Waals surface area contributed by atoms with Crippen molar-refractivity contribution >= 4 is 21.8 Å². The highest BCUT2D eigenvalue weighted by Gasteiger charge is 2.34. The second-order valence-electron chi connectivity index (χ2n) is 2.88. The van der Waals surface area contributed by atoms with Crippen LogP contribution in [0.4, 0.5) is 13.2 Å². The normalized spacial score (nSPS) is 12.5. The van der Waals surface area contributed by atoms with Crippen LogP contribution in [0.1, 0.15) is 0 Å². The molecule has 2 N–H and O–H groups in total. The zero-order valence-electron chi connectivity index (χ0n) is 8.48. The van der Waals surface area contributed by atoms with Crippen LogP contribution in [-0.4, -0.2) is 21.0 Å². The SMILES string of the molecule is CSc1cccc(OC(F)(F)F)c1S(N)(=O)=O. The van der Waals surface area contributed by atoms with E-state index in [1.165, 1.54) is 18.4 Å². The van der Waals surface area contributed by atoms with Gasteiger partial charge in [0.2, 0.25) is 10.0 Å². The third-order valence-electron chi connectivity index (χ3n) is 1.67. The molecule has 0 aliphatic carbocycles. The number of thioether (sulfide) groups is 1. The zero-order chi connectivity index (χ0) is 13.3. The molecule has 1 aromatic rings. The van der Waals surface area contributed by atoms with Crippen LogP contribution < -0.4 is 9.88 Å². The first kappa shape index (κ1) is 14.1. The van der Waals surface area contributed by atoms with Crippen LogP contribution in [0.5, 0.6) is 5.75 Å². The number of hydrogen-bond acceptors (Lipinski definition) is 4. The molecule has 9 heteroatoms. The Balaban J connectivity index is 3.41. The maximum atomic E-state index is 12.1. The second kappa shape index (κ2) is 4.75. The van der Waals surface area contributed by atoms with Crippen molar-refractivity contribution in [1.82, 2.24) is 0 Å². The Kier molecular flexibility index (Phi) is 3.95. The molecule has 4 nitrogen and oxygen atoms in total. The van der Waals surface area contributed by atoms with Gasteiger partial charge < -0.3 is 4.74 Å². The molecule has 0 heterocycles. The number of ether oxygens (including phenoxy) is 1. The summed E-state index contributed by atoms with van der Waals surface area (Å²) in [6.07, 6.45) is -3.46. The van der Waals surface area contributed by atoms with E-state index in [9.17, 15) is 21.6 Å². The summed E-state index contributed by atoms with van der Waals surface area (Å²) in [5, 5.41) is 4.86. The maximum Gasteiger partial charge on any atom is 0.573 e. The average molecular weight is 287 g/mol. The molecule has 0 saturated heterocycles. The summed E-state index contributed by atoms with van der Waals surface area (Å²) < 4.78 is 62.3. The van der Waals surface area contributed by atoms with Gasteiger partial charge in [-0.2, -0.15) is 0 Å². The minimum absolute atomic E-state index is 0.0919. The molecule has 1 aromatic carbocycles. The lowest BCUT2D eigenvalue weighted by Gasteiger charge is -2.14. The van der Waals surface area contributed by atoms with Gasteiger partial charge in [-0.1, -0.05) is 6.07 Å². The number of sulfonamides is 1. The van der Waals surface area contributed by atoms with Crippen LogP contribution in [-0.2, 0) is 10.0 Å². The minimum Gasteiger partial charge on any atom is -0.404 e. The van der Waals surface area contributed by atoms with Crippen LogP contribution in [0.25, 0.3) is 0 Å². The predicted octanol–water partition coefficient (Wildman–Crippen LogP) is 1.95. The highest BCUT2D eigenvalue weighted by atomic mass is 32.2. The fourth-order valence-electron chi connectivity index (χ4n) is 1.14. The summed E-state index contributed by atoms with van der Waals surface area (Å²) in [5.74, 6) is -0.827. The van der Waals surface area contributed by atoms with Gasteiger partial charge in [-0.15, -0.1) is 24.9 Å². The van der Waals surface area contributed by atoms with Crippen molar-refractivity contribution in [2.24, 2.45) is 5.14 Å². The Bertz CT molecular complexity index is 513. The van der Waals surface area contributed by atoms with Gasteiger partial charge in [-0.25, -0.2) is 13.6 Å². The van der Waals surface area contributed by atoms with E-state index >= 15 is 0 Å². The smallest absolute Gasteiger partial charge is 0.404 e. The highest BCUT2D eigenvalue weighted by molar-refractivity contribution is 7.99. The van der Waals surface area contributed by atoms with Crippen LogP contribution in [0, 0.1) is 0 Å². The van der Waals surface area contributed by atoms with Crippen molar-refractivity contribution in [1.29, 1.82) is 0 Å². The number of hydrogen-bond donors (Lipinski definition) is 1. The molecule has 1 rings (SSSR count). The summed E-state index contributed by atoms with van der Waals surface area (Å²) in [6, 6.07) is 3.49. The minimum atomic E-state index is -4.98. The van der Waals surface area contributed by atoms with Crippen molar-refractivity contribution in [2.75, 3.05) is 6.26 Å². The standard InChI is InChI=1S/C8H8F3NO3S2/c1-16-6-4-2-3-5(15-8(9,10)11)7(6)17(12,13)14/h2-4H,1H3,(H2,12,13,14). The molecule has 0 unspecified atom stereocenters. The van der Waals surface area contributed by atoms with Gasteiger partial charge in [-0.05, 0) is 18.4 Å². The van der Waals surface area contributed by atoms with E-state index in [4.69, 9.17) is 5.14 Å². The van der Waals surface area contributed by atoms with E-state index in [1.54, 1.807) is 0 Å². The molecule has 0 amide bonds. The van der Waals surface area contributed by atoms with Gasteiger partial charge in [-0.3, -0.25) is 0 Å². The third-order valence-corrected chi connectivity index (χ3v) is 3.57. The molecule has 96 valence electrons. The number of primary sulfonamides is 1. The molecule has 0 bridgehead atoms. The van der Waals surface area contributed by atoms with Gasteiger partial charge in [0.05, 0.1) is 0 Å². The number of benzene rings is 1. The third kappa shape index (κ3) is 3.79. The van der Waals surface area contributed by atoms with Gasteiger partial charge in [0, 0.05) is 4.90 Å². The maximum absolute atomic E-state index is 12.1. The molecule has 0 aromatic heterocycles. The Labute approximate surface area is 100.0 Å². The number of nitrogens with two attached hydrogens (primary N) is 1. The van der Waals surface area contributed by atoms with Gasteiger partial charge in [0.1, 0.15) is 4.90 Å². The largest absolute Gasteiger partial charge is 0.573 e. The molecular weight excluding hydrogens is 279 g/mol. The van der Waals surface area contributed by atoms with E-state index in [0.717, 1.165) is 17.8 Å². The Hall–Kier alpha value is -0.930. The molecule has 17 heavy (non-hydrogen) atoms. The second-order valence-corrected chi connectivity index (χ2v) is 5.23. The van der Waals surface area contributed by atoms with Crippen molar-refractivity contribution in [3.05, 3.63) is 18.2 Å². The van der Waals surface area contributed by atoms with Crippen molar-refractivity contribution in [3.8, 4) is 5.75 Å². The van der Waals surface area contributed by atoms with Crippen molar-refractivity contribution in [3.63, 3.8) is 0 Å². The van der Waals surface area contributed by atoms with Gasteiger partial charge >= 0.3 is 6.36 Å². The van der Waals surface area contributed by atoms with E-state index in [2.05, 4.69) is 4.74 Å². The Morgan fingerprint density at radius 3 is 2.35 bits per heavy atom. The number of alkyl halides is 3. The molecule has 0 spiro atoms. The van der Waals surface area contributed by atoms with Crippen LogP contribution >= 0.6 is 11.8 Å². The fourth-order valence-corrected chi connectivity index (χ4v) is 2.98. The van der Waals surface area contributed by atoms with Crippen LogP contribution in [0.2, 0.25) is 0 Å². The van der Waals surface area contributed by atoms with E-state index in [-0.39, 0.29) is 4.90 Å². The predicted molar refractivity (Wildman–Crippen MR) is 56.3 cm³/mol. The summed E-state index contributed by atoms with van der Waals surface area (Å²) in [7, 11) is -4.29. The summed E-state index contributed by atoms with van der Waals surface area (Å²) in [6.45, 7) is 0. The number of halogens is 3. The monoisotopic (exact) mass is 287 g/mol. The van der Waals surface area contributed by atoms with Crippen molar-refractivity contribution in [2.45, 2.75) is 16.2 Å². The number of rotatable bonds is 3.